The summed E-state index contributed by atoms with van der Waals surface area (Å²) in [5.41, 5.74) is 6.52. The van der Waals surface area contributed by atoms with Crippen molar-refractivity contribution >= 4 is 11.3 Å². The van der Waals surface area contributed by atoms with Crippen molar-refractivity contribution in [2.75, 3.05) is 11.9 Å². The van der Waals surface area contributed by atoms with Crippen molar-refractivity contribution in [3.8, 4) is 0 Å². The molecule has 3 rings (SSSR count). The molecule has 0 unspecified atom stereocenters. The summed E-state index contributed by atoms with van der Waals surface area (Å²) in [6, 6.07) is 19.3. The Morgan fingerprint density at radius 2 is 1.50 bits per heavy atom. The lowest BCUT2D eigenvalue weighted by atomic mass is 9.89. The van der Waals surface area contributed by atoms with Gasteiger partial charge in [0.05, 0.1) is 0 Å². The summed E-state index contributed by atoms with van der Waals surface area (Å²) in [4.78, 5) is 2.28. The number of benzene rings is 2. The van der Waals surface area contributed by atoms with E-state index in [2.05, 4.69) is 99.5 Å². The molecule has 0 saturated carbocycles. The third-order valence-electron chi connectivity index (χ3n) is 3.90. The van der Waals surface area contributed by atoms with Crippen molar-refractivity contribution < 1.29 is 0 Å². The summed E-state index contributed by atoms with van der Waals surface area (Å²) in [6.45, 7) is 6.72. The van der Waals surface area contributed by atoms with E-state index in [0.717, 1.165) is 0 Å². The van der Waals surface area contributed by atoms with Gasteiger partial charge in [0, 0.05) is 24.0 Å². The first kappa shape index (κ1) is 14.6. The largest absolute Gasteiger partial charge is 0.344 e. The molecule has 1 heterocycles. The van der Waals surface area contributed by atoms with Crippen LogP contribution >= 0.6 is 0 Å². The van der Waals surface area contributed by atoms with Crippen molar-refractivity contribution in [1.29, 1.82) is 0 Å². The van der Waals surface area contributed by atoms with Gasteiger partial charge in [-0.05, 0) is 28.7 Å². The summed E-state index contributed by atoms with van der Waals surface area (Å²) < 4.78 is 0. The van der Waals surface area contributed by atoms with E-state index in [-0.39, 0.29) is 5.41 Å². The number of anilines is 1. The average Bonchev–Trinajstić information content (AvgIpc) is 2.50. The Labute approximate surface area is 133 Å². The molecule has 112 valence electrons. The van der Waals surface area contributed by atoms with E-state index >= 15 is 0 Å². The van der Waals surface area contributed by atoms with Gasteiger partial charge in [0.2, 0.25) is 0 Å². The maximum Gasteiger partial charge on any atom is 0.0487 e. The lowest BCUT2D eigenvalue weighted by Crippen LogP contribution is -2.22. The number of hydrogen-bond acceptors (Lipinski definition) is 1. The van der Waals surface area contributed by atoms with Crippen molar-refractivity contribution in [2.24, 2.45) is 5.41 Å². The first-order valence-corrected chi connectivity index (χ1v) is 7.79. The Morgan fingerprint density at radius 3 is 2.18 bits per heavy atom. The highest BCUT2D eigenvalue weighted by Gasteiger charge is 2.21. The minimum absolute atomic E-state index is 0.147. The minimum Gasteiger partial charge on any atom is -0.344 e. The van der Waals surface area contributed by atoms with Crippen LogP contribution in [-0.4, -0.2) is 7.05 Å². The third kappa shape index (κ3) is 2.85. The van der Waals surface area contributed by atoms with Crippen LogP contribution in [0.15, 0.2) is 72.4 Å². The van der Waals surface area contributed by atoms with Gasteiger partial charge in [0.25, 0.3) is 0 Å². The number of likely N-dealkylation sites (N-methyl/N-ethyl adjacent to an activating group) is 1. The lowest BCUT2D eigenvalue weighted by molar-refractivity contribution is 0.540. The van der Waals surface area contributed by atoms with E-state index < -0.39 is 0 Å². The maximum absolute atomic E-state index is 2.34. The number of para-hydroxylation sites is 1. The first-order valence-electron chi connectivity index (χ1n) is 7.79. The van der Waals surface area contributed by atoms with Crippen molar-refractivity contribution in [3.05, 3.63) is 83.6 Å². The highest BCUT2D eigenvalue weighted by atomic mass is 15.1. The second-order valence-corrected chi connectivity index (χ2v) is 6.94. The van der Waals surface area contributed by atoms with Crippen LogP contribution in [-0.2, 0) is 0 Å². The van der Waals surface area contributed by atoms with Crippen LogP contribution in [0.1, 0.15) is 31.9 Å². The Hall–Kier alpha value is -2.28. The molecule has 0 saturated heterocycles. The van der Waals surface area contributed by atoms with Gasteiger partial charge in [-0.15, -0.1) is 0 Å². The van der Waals surface area contributed by atoms with Crippen LogP contribution in [0.25, 0.3) is 5.57 Å². The molecule has 2 aromatic carbocycles. The molecule has 1 aliphatic heterocycles. The molecule has 0 fully saturated rings. The maximum atomic E-state index is 2.34. The molecule has 1 aliphatic rings. The summed E-state index contributed by atoms with van der Waals surface area (Å²) in [5.74, 6) is 0. The molecule has 22 heavy (non-hydrogen) atoms. The van der Waals surface area contributed by atoms with Crippen LogP contribution in [0.4, 0.5) is 5.69 Å². The smallest absolute Gasteiger partial charge is 0.0487 e. The summed E-state index contributed by atoms with van der Waals surface area (Å²) in [7, 11) is 2.15. The quantitative estimate of drug-likeness (QED) is 0.670. The summed E-state index contributed by atoms with van der Waals surface area (Å²) in [5, 5.41) is 0. The lowest BCUT2D eigenvalue weighted by Gasteiger charge is -2.31. The first-order chi connectivity index (χ1) is 10.5. The fourth-order valence-electron chi connectivity index (χ4n) is 2.89. The third-order valence-corrected chi connectivity index (χ3v) is 3.90. The topological polar surface area (TPSA) is 3.24 Å². The molecule has 1 nitrogen and oxygen atoms in total. The fourth-order valence-corrected chi connectivity index (χ4v) is 2.89. The van der Waals surface area contributed by atoms with Gasteiger partial charge in [-0.1, -0.05) is 75.4 Å². The zero-order valence-electron chi connectivity index (χ0n) is 13.8. The van der Waals surface area contributed by atoms with Gasteiger partial charge in [-0.3, -0.25) is 0 Å². The van der Waals surface area contributed by atoms with Gasteiger partial charge >= 0.3 is 0 Å². The molecule has 2 aromatic rings. The van der Waals surface area contributed by atoms with Crippen LogP contribution in [0, 0.1) is 5.41 Å². The molecule has 0 spiro atoms. The summed E-state index contributed by atoms with van der Waals surface area (Å²) >= 11 is 0. The summed E-state index contributed by atoms with van der Waals surface area (Å²) in [6.07, 6.45) is 4.65. The van der Waals surface area contributed by atoms with Crippen molar-refractivity contribution in [1.82, 2.24) is 0 Å². The van der Waals surface area contributed by atoms with Gasteiger partial charge in [0.1, 0.15) is 0 Å². The Bertz CT molecular complexity index is 730. The van der Waals surface area contributed by atoms with Gasteiger partial charge in [-0.2, -0.15) is 0 Å². The highest BCUT2D eigenvalue weighted by Crippen LogP contribution is 2.39. The van der Waals surface area contributed by atoms with Gasteiger partial charge < -0.3 is 4.90 Å². The van der Waals surface area contributed by atoms with Gasteiger partial charge in [-0.25, -0.2) is 0 Å². The molecule has 0 amide bonds. The number of fused-ring (bicyclic) bond motifs is 1. The standard InChI is InChI=1S/C21H23N/c1-21(2,3)15-17-14-19(16-10-6-5-7-11-16)18-12-8-9-13-20(18)22(17)4/h5-15H,1-4H3/b17-15+. The number of rotatable bonds is 1. The number of hydrogen-bond donors (Lipinski definition) is 0. The molecule has 0 aliphatic carbocycles. The van der Waals surface area contributed by atoms with E-state index in [1.807, 2.05) is 0 Å². The van der Waals surface area contributed by atoms with E-state index in [9.17, 15) is 0 Å². The van der Waals surface area contributed by atoms with Crippen LogP contribution < -0.4 is 4.90 Å². The van der Waals surface area contributed by atoms with Crippen molar-refractivity contribution in [2.45, 2.75) is 20.8 Å². The molecule has 1 heteroatoms. The molecule has 0 radical (unpaired) electrons. The van der Waals surface area contributed by atoms with E-state index in [0.29, 0.717) is 0 Å². The number of allylic oxidation sites excluding steroid dienone is 2. The number of nitrogens with zero attached hydrogens (tertiary/aromatic N) is 1. The van der Waals surface area contributed by atoms with Gasteiger partial charge in [0.15, 0.2) is 0 Å². The highest BCUT2D eigenvalue weighted by molar-refractivity contribution is 5.91. The van der Waals surface area contributed by atoms with E-state index in [4.69, 9.17) is 0 Å². The molecule has 0 atom stereocenters. The predicted molar refractivity (Wildman–Crippen MR) is 95.9 cm³/mol. The average molecular weight is 289 g/mol. The van der Waals surface area contributed by atoms with Crippen LogP contribution in [0.3, 0.4) is 0 Å². The van der Waals surface area contributed by atoms with Crippen LogP contribution in [0.2, 0.25) is 0 Å². The predicted octanol–water partition coefficient (Wildman–Crippen LogP) is 5.50. The molecular weight excluding hydrogens is 266 g/mol. The van der Waals surface area contributed by atoms with Crippen LogP contribution in [0.5, 0.6) is 0 Å². The molecule has 0 bridgehead atoms. The fraction of sp³-hybridized carbons (Fsp3) is 0.238. The van der Waals surface area contributed by atoms with E-state index in [1.54, 1.807) is 0 Å². The second-order valence-electron chi connectivity index (χ2n) is 6.94. The minimum atomic E-state index is 0.147. The Kier molecular flexibility index (Phi) is 3.66. The monoisotopic (exact) mass is 289 g/mol. The van der Waals surface area contributed by atoms with E-state index in [1.165, 1.54) is 28.1 Å². The second kappa shape index (κ2) is 5.49. The van der Waals surface area contributed by atoms with Crippen molar-refractivity contribution in [3.63, 3.8) is 0 Å². The normalized spacial score (nSPS) is 16.5. The Morgan fingerprint density at radius 1 is 0.864 bits per heavy atom. The zero-order valence-corrected chi connectivity index (χ0v) is 13.8. The SMILES string of the molecule is CN1/C(=C/C(C)(C)C)C=C(c2ccccc2)c2ccccc21. The molecular formula is C21H23N. The Balaban J connectivity index is 2.21. The zero-order chi connectivity index (χ0) is 15.7. The molecule has 0 N–H and O–H groups in total. The molecule has 0 aromatic heterocycles.